The van der Waals surface area contributed by atoms with E-state index >= 15 is 0 Å². The van der Waals surface area contributed by atoms with Crippen molar-refractivity contribution < 1.29 is 32.2 Å². The normalized spacial score (nSPS) is 12.6. The van der Waals surface area contributed by atoms with Crippen molar-refractivity contribution in [1.29, 1.82) is 0 Å². The summed E-state index contributed by atoms with van der Waals surface area (Å²) in [7, 11) is -2.52. The molecule has 1 aliphatic rings. The van der Waals surface area contributed by atoms with Crippen molar-refractivity contribution in [3.63, 3.8) is 0 Å². The number of sulfonamides is 1. The molecular formula is C26H26N4O7S. The van der Waals surface area contributed by atoms with Crippen molar-refractivity contribution in [2.45, 2.75) is 18.2 Å². The number of ether oxygens (including phenoxy) is 3. The third kappa shape index (κ3) is 6.59. The van der Waals surface area contributed by atoms with Crippen LogP contribution in [-0.2, 0) is 26.0 Å². The van der Waals surface area contributed by atoms with Crippen LogP contribution in [0.15, 0.2) is 70.7 Å². The van der Waals surface area contributed by atoms with Gasteiger partial charge in [0, 0.05) is 18.2 Å². The summed E-state index contributed by atoms with van der Waals surface area (Å²) in [5, 5.41) is 6.59. The molecule has 3 aromatic carbocycles. The number of para-hydroxylation sites is 1. The van der Waals surface area contributed by atoms with Gasteiger partial charge in [0.25, 0.3) is 10.0 Å². The van der Waals surface area contributed by atoms with Crippen molar-refractivity contribution in [3.8, 4) is 17.2 Å². The Morgan fingerprint density at radius 1 is 1.05 bits per heavy atom. The highest BCUT2D eigenvalue weighted by Crippen LogP contribution is 2.32. The third-order valence-electron chi connectivity index (χ3n) is 5.38. The number of nitrogens with zero attached hydrogens (tertiary/aromatic N) is 1. The molecule has 38 heavy (non-hydrogen) atoms. The first-order chi connectivity index (χ1) is 18.2. The molecule has 0 fully saturated rings. The van der Waals surface area contributed by atoms with Crippen LogP contribution in [-0.4, -0.2) is 46.8 Å². The molecule has 12 heteroatoms. The number of carbonyl (C=O) groups is 2. The third-order valence-corrected chi connectivity index (χ3v) is 6.76. The van der Waals surface area contributed by atoms with Crippen LogP contribution in [0.5, 0.6) is 17.2 Å². The van der Waals surface area contributed by atoms with Crippen LogP contribution in [0.4, 0.5) is 11.4 Å². The van der Waals surface area contributed by atoms with Crippen LogP contribution in [0.2, 0.25) is 0 Å². The summed E-state index contributed by atoms with van der Waals surface area (Å²) in [5.74, 6) is 0.856. The van der Waals surface area contributed by atoms with Crippen molar-refractivity contribution >= 4 is 39.4 Å². The number of anilines is 2. The standard InChI is InChI=1S/C26H26N4O7S/c1-17(31)28-20-6-9-22(10-7-20)38(33,34)30-23-11-8-21(35-2)14-19(23)15-25(32)29-27-16-18-4-3-5-24-26(18)37-13-12-36-24/h3-11,14,16,30H,12-13,15H2,1-2H3,(H,28,31)(H,29,32)/b27-16-. The van der Waals surface area contributed by atoms with E-state index in [4.69, 9.17) is 14.2 Å². The summed E-state index contributed by atoms with van der Waals surface area (Å²) >= 11 is 0. The molecule has 0 unspecified atom stereocenters. The monoisotopic (exact) mass is 538 g/mol. The molecule has 0 atom stereocenters. The van der Waals surface area contributed by atoms with Crippen molar-refractivity contribution in [1.82, 2.24) is 5.43 Å². The Kier molecular flexibility index (Phi) is 8.12. The molecule has 0 spiro atoms. The molecule has 0 saturated heterocycles. The number of methoxy groups -OCH3 is 1. The lowest BCUT2D eigenvalue weighted by molar-refractivity contribution is -0.120. The van der Waals surface area contributed by atoms with E-state index in [-0.39, 0.29) is 22.9 Å². The maximum absolute atomic E-state index is 13.0. The Balaban J connectivity index is 1.47. The molecule has 0 saturated carbocycles. The lowest BCUT2D eigenvalue weighted by Gasteiger charge is -2.19. The Bertz CT molecular complexity index is 1470. The summed E-state index contributed by atoms with van der Waals surface area (Å²) < 4.78 is 44.9. The van der Waals surface area contributed by atoms with E-state index in [9.17, 15) is 18.0 Å². The van der Waals surface area contributed by atoms with E-state index in [0.29, 0.717) is 47.3 Å². The molecule has 3 aromatic rings. The molecule has 0 bridgehead atoms. The minimum atomic E-state index is -3.99. The van der Waals surface area contributed by atoms with Gasteiger partial charge in [0.15, 0.2) is 11.5 Å². The second-order valence-electron chi connectivity index (χ2n) is 8.18. The van der Waals surface area contributed by atoms with Gasteiger partial charge in [-0.05, 0) is 60.2 Å². The smallest absolute Gasteiger partial charge is 0.261 e. The number of hydrazone groups is 1. The first-order valence-electron chi connectivity index (χ1n) is 11.5. The first-order valence-corrected chi connectivity index (χ1v) is 13.0. The quantitative estimate of drug-likeness (QED) is 0.281. The SMILES string of the molecule is COc1ccc(NS(=O)(=O)c2ccc(NC(C)=O)cc2)c(CC(=O)N/N=C\c2cccc3c2OCCO3)c1. The van der Waals surface area contributed by atoms with Crippen LogP contribution in [0.25, 0.3) is 0 Å². The zero-order valence-electron chi connectivity index (χ0n) is 20.7. The highest BCUT2D eigenvalue weighted by atomic mass is 32.2. The Hall–Kier alpha value is -4.58. The molecule has 1 heterocycles. The van der Waals surface area contributed by atoms with Gasteiger partial charge in [0.1, 0.15) is 19.0 Å². The average Bonchev–Trinajstić information content (AvgIpc) is 2.89. The topological polar surface area (TPSA) is 144 Å². The predicted molar refractivity (Wildman–Crippen MR) is 141 cm³/mol. The number of hydrogen-bond acceptors (Lipinski definition) is 8. The zero-order chi connectivity index (χ0) is 27.1. The van der Waals surface area contributed by atoms with Crippen LogP contribution in [0, 0.1) is 0 Å². The van der Waals surface area contributed by atoms with E-state index in [1.165, 1.54) is 50.6 Å². The molecule has 3 N–H and O–H groups in total. The van der Waals surface area contributed by atoms with Gasteiger partial charge in [-0.15, -0.1) is 0 Å². The fraction of sp³-hybridized carbons (Fsp3) is 0.192. The molecular weight excluding hydrogens is 512 g/mol. The van der Waals surface area contributed by atoms with Gasteiger partial charge >= 0.3 is 0 Å². The number of carbonyl (C=O) groups excluding carboxylic acids is 2. The predicted octanol–water partition coefficient (Wildman–Crippen LogP) is 2.92. The summed E-state index contributed by atoms with van der Waals surface area (Å²) in [6, 6.07) is 15.7. The van der Waals surface area contributed by atoms with Gasteiger partial charge in [-0.2, -0.15) is 5.10 Å². The van der Waals surface area contributed by atoms with Crippen LogP contribution in [0.1, 0.15) is 18.1 Å². The highest BCUT2D eigenvalue weighted by Gasteiger charge is 2.18. The molecule has 198 valence electrons. The van der Waals surface area contributed by atoms with E-state index < -0.39 is 15.9 Å². The average molecular weight is 539 g/mol. The van der Waals surface area contributed by atoms with Crippen LogP contribution < -0.4 is 29.7 Å². The summed E-state index contributed by atoms with van der Waals surface area (Å²) in [6.45, 7) is 2.23. The molecule has 0 radical (unpaired) electrons. The molecule has 0 aromatic heterocycles. The van der Waals surface area contributed by atoms with Crippen LogP contribution >= 0.6 is 0 Å². The fourth-order valence-electron chi connectivity index (χ4n) is 3.65. The molecule has 11 nitrogen and oxygen atoms in total. The molecule has 4 rings (SSSR count). The van der Waals surface area contributed by atoms with Gasteiger partial charge in [0.2, 0.25) is 11.8 Å². The number of fused-ring (bicyclic) bond motifs is 1. The molecule has 2 amide bonds. The maximum atomic E-state index is 13.0. The lowest BCUT2D eigenvalue weighted by Crippen LogP contribution is -2.22. The minimum Gasteiger partial charge on any atom is -0.497 e. The number of nitrogens with one attached hydrogen (secondary N) is 3. The Labute approximate surface area is 219 Å². The summed E-state index contributed by atoms with van der Waals surface area (Å²) in [6.07, 6.45) is 1.27. The van der Waals surface area contributed by atoms with Gasteiger partial charge in [-0.25, -0.2) is 13.8 Å². The first kappa shape index (κ1) is 26.5. The van der Waals surface area contributed by atoms with Crippen molar-refractivity contribution in [2.75, 3.05) is 30.4 Å². The van der Waals surface area contributed by atoms with Gasteiger partial charge in [0.05, 0.1) is 30.3 Å². The second kappa shape index (κ2) is 11.6. The number of rotatable bonds is 9. The Morgan fingerprint density at radius 3 is 2.55 bits per heavy atom. The number of hydrogen-bond donors (Lipinski definition) is 3. The van der Waals surface area contributed by atoms with E-state index in [1.807, 2.05) is 0 Å². The largest absolute Gasteiger partial charge is 0.497 e. The fourth-order valence-corrected chi connectivity index (χ4v) is 4.75. The highest BCUT2D eigenvalue weighted by molar-refractivity contribution is 7.92. The van der Waals surface area contributed by atoms with E-state index in [0.717, 1.165) is 0 Å². The van der Waals surface area contributed by atoms with Gasteiger partial charge < -0.3 is 19.5 Å². The van der Waals surface area contributed by atoms with E-state index in [2.05, 4.69) is 20.6 Å². The molecule has 1 aliphatic heterocycles. The Morgan fingerprint density at radius 2 is 1.82 bits per heavy atom. The maximum Gasteiger partial charge on any atom is 0.261 e. The second-order valence-corrected chi connectivity index (χ2v) is 9.86. The number of benzene rings is 3. The summed E-state index contributed by atoms with van der Waals surface area (Å²) in [5.41, 5.74) is 4.14. The van der Waals surface area contributed by atoms with Crippen molar-refractivity contribution in [3.05, 3.63) is 71.8 Å². The van der Waals surface area contributed by atoms with Crippen molar-refractivity contribution in [2.24, 2.45) is 5.10 Å². The summed E-state index contributed by atoms with van der Waals surface area (Å²) in [4.78, 5) is 23.9. The van der Waals surface area contributed by atoms with E-state index in [1.54, 1.807) is 30.3 Å². The molecule has 0 aliphatic carbocycles. The van der Waals surface area contributed by atoms with Gasteiger partial charge in [-0.3, -0.25) is 14.3 Å². The number of amides is 2. The minimum absolute atomic E-state index is 0.0141. The zero-order valence-corrected chi connectivity index (χ0v) is 21.5. The lowest BCUT2D eigenvalue weighted by atomic mass is 10.1. The van der Waals surface area contributed by atoms with Crippen LogP contribution in [0.3, 0.4) is 0 Å². The van der Waals surface area contributed by atoms with Gasteiger partial charge in [-0.1, -0.05) is 6.07 Å².